The lowest BCUT2D eigenvalue weighted by atomic mass is 10.0. The summed E-state index contributed by atoms with van der Waals surface area (Å²) >= 11 is 1.52. The number of para-hydroxylation sites is 2. The van der Waals surface area contributed by atoms with Crippen LogP contribution in [0.25, 0.3) is 71.4 Å². The zero-order valence-corrected chi connectivity index (χ0v) is 23.0. The molecule has 0 spiro atoms. The molecule has 0 radical (unpaired) electrons. The quantitative estimate of drug-likeness (QED) is 0.219. The first-order valence-electron chi connectivity index (χ1n) is 13.5. The first-order chi connectivity index (χ1) is 20.7. The molecule has 6 nitrogen and oxygen atoms in total. The summed E-state index contributed by atoms with van der Waals surface area (Å²) in [6, 6.07) is 41.8. The molecule has 7 heteroatoms. The minimum atomic E-state index is -0.0667. The van der Waals surface area contributed by atoms with Crippen LogP contribution < -0.4 is 5.56 Å². The van der Waals surface area contributed by atoms with Crippen molar-refractivity contribution in [2.24, 2.45) is 0 Å². The maximum Gasteiger partial charge on any atom is 0.266 e. The predicted octanol–water partition coefficient (Wildman–Crippen LogP) is 7.92. The molecule has 42 heavy (non-hydrogen) atoms. The lowest BCUT2D eigenvalue weighted by molar-refractivity contribution is 1.07. The van der Waals surface area contributed by atoms with E-state index < -0.39 is 0 Å². The molecular weight excluding hydrogens is 538 g/mol. The Kier molecular flexibility index (Phi) is 5.68. The van der Waals surface area contributed by atoms with Crippen LogP contribution in [0.1, 0.15) is 0 Å². The fraction of sp³-hybridized carbons (Fsp3) is 0. The number of hydrogen-bond donors (Lipinski definition) is 0. The van der Waals surface area contributed by atoms with Crippen LogP contribution in [0.2, 0.25) is 0 Å². The van der Waals surface area contributed by atoms with Gasteiger partial charge in [0.2, 0.25) is 0 Å². The average molecular weight is 560 g/mol. The van der Waals surface area contributed by atoms with Crippen molar-refractivity contribution in [2.75, 3.05) is 0 Å². The van der Waals surface area contributed by atoms with E-state index in [2.05, 4.69) is 17.1 Å². The Labute approximate surface area is 244 Å². The second-order valence-electron chi connectivity index (χ2n) is 9.96. The van der Waals surface area contributed by atoms with E-state index in [1.807, 2.05) is 115 Å². The number of rotatable bonds is 4. The molecule has 8 rings (SSSR count). The molecule has 5 aromatic carbocycles. The van der Waals surface area contributed by atoms with Gasteiger partial charge < -0.3 is 0 Å². The molecule has 0 N–H and O–H groups in total. The minimum absolute atomic E-state index is 0.0667. The van der Waals surface area contributed by atoms with Crippen LogP contribution in [0, 0.1) is 0 Å². The van der Waals surface area contributed by atoms with E-state index >= 15 is 0 Å². The van der Waals surface area contributed by atoms with Gasteiger partial charge in [-0.1, -0.05) is 108 Å². The predicted molar refractivity (Wildman–Crippen MR) is 169 cm³/mol. The molecule has 0 saturated heterocycles. The number of fused-ring (bicyclic) bond motifs is 4. The molecule has 3 aromatic heterocycles. The van der Waals surface area contributed by atoms with Gasteiger partial charge in [-0.15, -0.1) is 0 Å². The summed E-state index contributed by atoms with van der Waals surface area (Å²) < 4.78 is 2.61. The van der Waals surface area contributed by atoms with Crippen LogP contribution in [0.4, 0.5) is 0 Å². The summed E-state index contributed by atoms with van der Waals surface area (Å²) in [6.07, 6.45) is 0. The molecule has 198 valence electrons. The topological polar surface area (TPSA) is 73.0 Å². The molecule has 0 aliphatic rings. The number of benzene rings is 5. The lowest BCUT2D eigenvalue weighted by Crippen LogP contribution is -2.11. The monoisotopic (exact) mass is 559 g/mol. The zero-order valence-electron chi connectivity index (χ0n) is 22.2. The van der Waals surface area contributed by atoms with Crippen LogP contribution in [-0.2, 0) is 0 Å². The third-order valence-corrected chi connectivity index (χ3v) is 8.33. The molecule has 3 heterocycles. The van der Waals surface area contributed by atoms with E-state index in [9.17, 15) is 4.79 Å². The van der Waals surface area contributed by atoms with Gasteiger partial charge in [0.1, 0.15) is 0 Å². The molecule has 0 bridgehead atoms. The highest BCUT2D eigenvalue weighted by Crippen LogP contribution is 2.31. The Morgan fingerprint density at radius 1 is 0.500 bits per heavy atom. The van der Waals surface area contributed by atoms with E-state index in [0.717, 1.165) is 43.6 Å². The van der Waals surface area contributed by atoms with Crippen molar-refractivity contribution in [1.82, 2.24) is 24.3 Å². The fourth-order valence-corrected chi connectivity index (χ4v) is 6.23. The standard InChI is InChI=1S/C35H21N5OS/c41-34-27-21-25(18-19-30(27)42-35-36-28-16-7-8-17-29(28)40(34)35)24-14-9-15-26(20-24)33-38-31(22-10-3-1-4-11-22)37-32(39-33)23-12-5-2-6-13-23/h1-21H. The summed E-state index contributed by atoms with van der Waals surface area (Å²) in [6.45, 7) is 0. The highest BCUT2D eigenvalue weighted by molar-refractivity contribution is 7.23. The van der Waals surface area contributed by atoms with Crippen molar-refractivity contribution in [3.05, 3.63) is 138 Å². The summed E-state index contributed by atoms with van der Waals surface area (Å²) in [5.41, 5.74) is 6.19. The summed E-state index contributed by atoms with van der Waals surface area (Å²) in [7, 11) is 0. The van der Waals surface area contributed by atoms with Crippen molar-refractivity contribution in [2.45, 2.75) is 0 Å². The van der Waals surface area contributed by atoms with E-state index in [4.69, 9.17) is 15.0 Å². The SMILES string of the molecule is O=c1c2cc(-c3cccc(-c4nc(-c5ccccc5)nc(-c5ccccc5)n4)c3)ccc2sc2nc3ccccc3n12. The van der Waals surface area contributed by atoms with Crippen molar-refractivity contribution < 1.29 is 0 Å². The van der Waals surface area contributed by atoms with Gasteiger partial charge in [0.05, 0.1) is 16.4 Å². The van der Waals surface area contributed by atoms with Crippen LogP contribution in [0.5, 0.6) is 0 Å². The lowest BCUT2D eigenvalue weighted by Gasteiger charge is -2.10. The van der Waals surface area contributed by atoms with Gasteiger partial charge >= 0.3 is 0 Å². The molecule has 0 aliphatic carbocycles. The molecule has 0 saturated carbocycles. The normalized spacial score (nSPS) is 11.4. The Balaban J connectivity index is 1.27. The van der Waals surface area contributed by atoms with Crippen LogP contribution in [0.15, 0.2) is 132 Å². The van der Waals surface area contributed by atoms with Crippen LogP contribution in [0.3, 0.4) is 0 Å². The number of imidazole rings is 1. The largest absolute Gasteiger partial charge is 0.268 e. The van der Waals surface area contributed by atoms with Gasteiger partial charge in [0.15, 0.2) is 22.4 Å². The van der Waals surface area contributed by atoms with E-state index in [0.29, 0.717) is 27.8 Å². The number of nitrogens with zero attached hydrogens (tertiary/aromatic N) is 5. The minimum Gasteiger partial charge on any atom is -0.268 e. The molecule has 0 aliphatic heterocycles. The third kappa shape index (κ3) is 4.15. The van der Waals surface area contributed by atoms with Crippen molar-refractivity contribution in [3.63, 3.8) is 0 Å². The van der Waals surface area contributed by atoms with Crippen molar-refractivity contribution >= 4 is 37.4 Å². The summed E-state index contributed by atoms with van der Waals surface area (Å²) in [4.78, 5) is 33.6. The summed E-state index contributed by atoms with van der Waals surface area (Å²) in [5, 5.41) is 0.663. The van der Waals surface area contributed by atoms with Crippen LogP contribution >= 0.6 is 11.3 Å². The second-order valence-corrected chi connectivity index (χ2v) is 11.0. The molecule has 0 amide bonds. The Hall–Kier alpha value is -5.53. The van der Waals surface area contributed by atoms with Gasteiger partial charge in [-0.05, 0) is 41.5 Å². The summed E-state index contributed by atoms with van der Waals surface area (Å²) in [5.74, 6) is 1.82. The molecule has 8 aromatic rings. The smallest absolute Gasteiger partial charge is 0.266 e. The maximum absolute atomic E-state index is 13.7. The van der Waals surface area contributed by atoms with Gasteiger partial charge in [-0.3, -0.25) is 4.79 Å². The van der Waals surface area contributed by atoms with Crippen LogP contribution in [-0.4, -0.2) is 24.3 Å². The maximum atomic E-state index is 13.7. The highest BCUT2D eigenvalue weighted by Gasteiger charge is 2.15. The first-order valence-corrected chi connectivity index (χ1v) is 14.3. The van der Waals surface area contributed by atoms with Gasteiger partial charge in [0.25, 0.3) is 5.56 Å². The first kappa shape index (κ1) is 24.3. The van der Waals surface area contributed by atoms with E-state index in [1.54, 1.807) is 4.40 Å². The van der Waals surface area contributed by atoms with Crippen molar-refractivity contribution in [1.29, 1.82) is 0 Å². The van der Waals surface area contributed by atoms with Crippen molar-refractivity contribution in [3.8, 4) is 45.3 Å². The highest BCUT2D eigenvalue weighted by atomic mass is 32.1. The molecular formula is C35H21N5OS. The van der Waals surface area contributed by atoms with E-state index in [1.165, 1.54) is 11.3 Å². The van der Waals surface area contributed by atoms with Gasteiger partial charge in [0, 0.05) is 21.4 Å². The molecule has 0 unspecified atom stereocenters. The Bertz CT molecular complexity index is 2270. The Morgan fingerprint density at radius 2 is 1.07 bits per heavy atom. The number of hydrogen-bond acceptors (Lipinski definition) is 6. The second kappa shape index (κ2) is 9.83. The average Bonchev–Trinajstić information content (AvgIpc) is 3.44. The van der Waals surface area contributed by atoms with Gasteiger partial charge in [-0.2, -0.15) is 0 Å². The Morgan fingerprint density at radius 3 is 1.79 bits per heavy atom. The third-order valence-electron chi connectivity index (χ3n) is 7.30. The zero-order chi connectivity index (χ0) is 28.0. The number of aromatic nitrogens is 5. The van der Waals surface area contributed by atoms with Gasteiger partial charge in [-0.25, -0.2) is 24.3 Å². The molecule has 0 fully saturated rings. The fourth-order valence-electron chi connectivity index (χ4n) is 5.23. The van der Waals surface area contributed by atoms with E-state index in [-0.39, 0.29) is 5.56 Å². The molecule has 0 atom stereocenters.